The summed E-state index contributed by atoms with van der Waals surface area (Å²) in [4.78, 5) is 0. The third kappa shape index (κ3) is 6.37. The van der Waals surface area contributed by atoms with Crippen LogP contribution >= 0.6 is 23.5 Å². The number of hydrogen-bond donors (Lipinski definition) is 2. The van der Waals surface area contributed by atoms with Crippen LogP contribution in [0.1, 0.15) is 0 Å². The third-order valence-electron chi connectivity index (χ3n) is 2.89. The number of nitrogen functional groups attached to an aromatic ring is 1. The van der Waals surface area contributed by atoms with E-state index in [2.05, 4.69) is 4.72 Å². The lowest BCUT2D eigenvalue weighted by Gasteiger charge is -2.21. The molecule has 0 spiro atoms. The standard InChI is InChI=1S/C13H20N2O3S3/c14-11-2-1-3-12(8-11)18-4-7-21(16,17)15-9-13-10-19-5-6-20-13/h1-3,8,13,15H,4-7,9-10,14H2. The van der Waals surface area contributed by atoms with Crippen molar-refractivity contribution in [3.8, 4) is 5.75 Å². The molecule has 1 atom stereocenters. The molecular weight excluding hydrogens is 328 g/mol. The molecule has 8 heteroatoms. The number of thioether (sulfide) groups is 2. The summed E-state index contributed by atoms with van der Waals surface area (Å²) in [6.45, 7) is 0.615. The van der Waals surface area contributed by atoms with Crippen LogP contribution in [0.2, 0.25) is 0 Å². The largest absolute Gasteiger partial charge is 0.492 e. The smallest absolute Gasteiger partial charge is 0.214 e. The lowest BCUT2D eigenvalue weighted by Crippen LogP contribution is -2.36. The number of anilines is 1. The van der Waals surface area contributed by atoms with Crippen molar-refractivity contribution in [1.82, 2.24) is 4.72 Å². The molecule has 1 fully saturated rings. The molecule has 1 aliphatic heterocycles. The fraction of sp³-hybridized carbons (Fsp3) is 0.538. The number of hydrogen-bond acceptors (Lipinski definition) is 6. The number of benzene rings is 1. The Morgan fingerprint density at radius 1 is 1.38 bits per heavy atom. The molecule has 1 aliphatic rings. The van der Waals surface area contributed by atoms with E-state index in [9.17, 15) is 8.42 Å². The molecular formula is C13H20N2O3S3. The van der Waals surface area contributed by atoms with Crippen molar-refractivity contribution in [2.24, 2.45) is 0 Å². The summed E-state index contributed by atoms with van der Waals surface area (Å²) >= 11 is 3.71. The number of nitrogens with one attached hydrogen (secondary N) is 1. The monoisotopic (exact) mass is 348 g/mol. The van der Waals surface area contributed by atoms with Crippen molar-refractivity contribution in [3.63, 3.8) is 0 Å². The normalized spacial score (nSPS) is 19.3. The van der Waals surface area contributed by atoms with Crippen LogP contribution in [0, 0.1) is 0 Å². The first kappa shape index (κ1) is 16.8. The van der Waals surface area contributed by atoms with E-state index in [4.69, 9.17) is 10.5 Å². The highest BCUT2D eigenvalue weighted by molar-refractivity contribution is 8.06. The van der Waals surface area contributed by atoms with Crippen molar-refractivity contribution in [3.05, 3.63) is 24.3 Å². The topological polar surface area (TPSA) is 81.4 Å². The molecule has 0 bridgehead atoms. The number of nitrogens with two attached hydrogens (primary N) is 1. The highest BCUT2D eigenvalue weighted by Gasteiger charge is 2.17. The Morgan fingerprint density at radius 2 is 2.24 bits per heavy atom. The summed E-state index contributed by atoms with van der Waals surface area (Å²) in [5.74, 6) is 3.79. The van der Waals surface area contributed by atoms with Crippen molar-refractivity contribution in [1.29, 1.82) is 0 Å². The number of rotatable bonds is 7. The van der Waals surface area contributed by atoms with Gasteiger partial charge in [0.15, 0.2) is 0 Å². The maximum Gasteiger partial charge on any atom is 0.214 e. The number of ether oxygens (including phenoxy) is 1. The molecule has 5 nitrogen and oxygen atoms in total. The molecule has 118 valence electrons. The van der Waals surface area contributed by atoms with E-state index in [0.717, 1.165) is 17.3 Å². The number of sulfonamides is 1. The summed E-state index contributed by atoms with van der Waals surface area (Å²) in [5, 5.41) is 0.369. The zero-order chi connectivity index (χ0) is 15.1. The lowest BCUT2D eigenvalue weighted by atomic mass is 10.3. The Hall–Kier alpha value is -0.570. The van der Waals surface area contributed by atoms with Gasteiger partial charge in [-0.1, -0.05) is 6.07 Å². The minimum absolute atomic E-state index is 0.0493. The molecule has 0 aliphatic carbocycles. The van der Waals surface area contributed by atoms with Gasteiger partial charge in [-0.05, 0) is 12.1 Å². The Morgan fingerprint density at radius 3 is 2.95 bits per heavy atom. The maximum absolute atomic E-state index is 11.9. The van der Waals surface area contributed by atoms with Gasteiger partial charge in [0, 0.05) is 40.8 Å². The van der Waals surface area contributed by atoms with Gasteiger partial charge in [0.05, 0.1) is 5.75 Å². The van der Waals surface area contributed by atoms with E-state index >= 15 is 0 Å². The highest BCUT2D eigenvalue weighted by Crippen LogP contribution is 2.23. The van der Waals surface area contributed by atoms with Crippen molar-refractivity contribution in [2.45, 2.75) is 5.25 Å². The zero-order valence-corrected chi connectivity index (χ0v) is 14.1. The zero-order valence-electron chi connectivity index (χ0n) is 11.7. The predicted octanol–water partition coefficient (Wildman–Crippen LogP) is 1.42. The molecule has 2 rings (SSSR count). The molecule has 1 heterocycles. The van der Waals surface area contributed by atoms with Gasteiger partial charge in [0.2, 0.25) is 10.0 Å². The molecule has 0 radical (unpaired) electrons. The quantitative estimate of drug-likeness (QED) is 0.725. The van der Waals surface area contributed by atoms with Gasteiger partial charge in [-0.25, -0.2) is 13.1 Å². The SMILES string of the molecule is Nc1cccc(OCCS(=O)(=O)NCC2CSCCS2)c1. The van der Waals surface area contributed by atoms with Crippen molar-refractivity contribution in [2.75, 3.05) is 41.9 Å². The average molecular weight is 349 g/mol. The first-order valence-corrected chi connectivity index (χ1v) is 10.6. The van der Waals surface area contributed by atoms with E-state index in [1.165, 1.54) is 0 Å². The van der Waals surface area contributed by atoms with Crippen LogP contribution < -0.4 is 15.2 Å². The van der Waals surface area contributed by atoms with Crippen molar-refractivity contribution >= 4 is 39.2 Å². The molecule has 1 aromatic carbocycles. The fourth-order valence-electron chi connectivity index (χ4n) is 1.82. The lowest BCUT2D eigenvalue weighted by molar-refractivity contribution is 0.340. The minimum atomic E-state index is -3.29. The summed E-state index contributed by atoms with van der Waals surface area (Å²) in [6.07, 6.45) is 0. The Balaban J connectivity index is 1.70. The van der Waals surface area contributed by atoms with Gasteiger partial charge >= 0.3 is 0 Å². The second-order valence-corrected chi connectivity index (χ2v) is 9.14. The molecule has 1 aromatic rings. The van der Waals surface area contributed by atoms with Crippen molar-refractivity contribution < 1.29 is 13.2 Å². The second-order valence-electron chi connectivity index (χ2n) is 4.66. The molecule has 3 N–H and O–H groups in total. The first-order valence-electron chi connectivity index (χ1n) is 6.70. The van der Waals surface area contributed by atoms with E-state index in [-0.39, 0.29) is 12.4 Å². The van der Waals surface area contributed by atoms with E-state index < -0.39 is 10.0 Å². The molecule has 1 unspecified atom stereocenters. The summed E-state index contributed by atoms with van der Waals surface area (Å²) in [5.41, 5.74) is 6.23. The van der Waals surface area contributed by atoms with Crippen LogP contribution in [-0.4, -0.2) is 49.8 Å². The highest BCUT2D eigenvalue weighted by atomic mass is 32.2. The predicted molar refractivity (Wildman–Crippen MR) is 91.7 cm³/mol. The van der Waals surface area contributed by atoms with Gasteiger partial charge in [-0.15, -0.1) is 0 Å². The molecule has 1 saturated heterocycles. The van der Waals surface area contributed by atoms with Crippen LogP contribution in [0.3, 0.4) is 0 Å². The fourth-order valence-corrected chi connectivity index (χ4v) is 5.44. The Bertz CT molecular complexity index is 545. The Kier molecular flexibility index (Phi) is 6.53. The van der Waals surface area contributed by atoms with Gasteiger partial charge < -0.3 is 10.5 Å². The summed E-state index contributed by atoms with van der Waals surface area (Å²) in [7, 11) is -3.29. The van der Waals surface area contributed by atoms with Crippen LogP contribution in [0.15, 0.2) is 24.3 Å². The van der Waals surface area contributed by atoms with Gasteiger partial charge in [-0.3, -0.25) is 0 Å². The second kappa shape index (κ2) is 8.17. The molecule has 0 aromatic heterocycles. The third-order valence-corrected chi connectivity index (χ3v) is 7.05. The first-order chi connectivity index (χ1) is 10.1. The molecule has 21 heavy (non-hydrogen) atoms. The average Bonchev–Trinajstić information content (AvgIpc) is 2.46. The van der Waals surface area contributed by atoms with Crippen LogP contribution in [0.5, 0.6) is 5.75 Å². The molecule has 0 saturated carbocycles. The van der Waals surface area contributed by atoms with E-state index in [1.807, 2.05) is 23.5 Å². The van der Waals surface area contributed by atoms with Crippen LogP contribution in [0.25, 0.3) is 0 Å². The van der Waals surface area contributed by atoms with Crippen LogP contribution in [0.4, 0.5) is 5.69 Å². The van der Waals surface area contributed by atoms with Crippen LogP contribution in [-0.2, 0) is 10.0 Å². The minimum Gasteiger partial charge on any atom is -0.492 e. The molecule has 0 amide bonds. The van der Waals surface area contributed by atoms with Gasteiger partial charge in [-0.2, -0.15) is 23.5 Å². The van der Waals surface area contributed by atoms with Gasteiger partial charge in [0.1, 0.15) is 12.4 Å². The van der Waals surface area contributed by atoms with E-state index in [0.29, 0.717) is 23.2 Å². The summed E-state index contributed by atoms with van der Waals surface area (Å²) < 4.78 is 31.9. The Labute approximate surface area is 134 Å². The van der Waals surface area contributed by atoms with Gasteiger partial charge in [0.25, 0.3) is 0 Å². The summed E-state index contributed by atoms with van der Waals surface area (Å²) in [6, 6.07) is 6.96. The van der Waals surface area contributed by atoms with E-state index in [1.54, 1.807) is 24.3 Å². The maximum atomic E-state index is 11.9.